The van der Waals surface area contributed by atoms with Gasteiger partial charge in [-0.25, -0.2) is 0 Å². The highest BCUT2D eigenvalue weighted by Gasteiger charge is 2.24. The molecular weight excluding hydrogens is 370 g/mol. The van der Waals surface area contributed by atoms with Crippen molar-refractivity contribution in [3.63, 3.8) is 0 Å². The Morgan fingerprint density at radius 3 is 2.23 bits per heavy atom. The van der Waals surface area contributed by atoms with E-state index in [1.807, 2.05) is 29.2 Å². The molecule has 3 heteroatoms. The monoisotopic (exact) mass is 409 g/mol. The summed E-state index contributed by atoms with van der Waals surface area (Å²) in [4.78, 5) is 14.0. The number of anilines is 1. The van der Waals surface area contributed by atoms with E-state index in [1.165, 1.54) is 43.2 Å². The molecule has 3 nitrogen and oxygen atoms in total. The third-order valence-electron chi connectivity index (χ3n) is 5.73. The SMILES string of the molecule is CCCC(CCC)CCCN1C(=O)COc2ccccc21.CCc1ccc(C)cc1. The number of benzene rings is 2. The first-order valence-corrected chi connectivity index (χ1v) is 11.7. The van der Waals surface area contributed by atoms with Crippen LogP contribution in [-0.4, -0.2) is 19.1 Å². The number of fused-ring (bicyclic) bond motifs is 1. The van der Waals surface area contributed by atoms with Gasteiger partial charge >= 0.3 is 0 Å². The van der Waals surface area contributed by atoms with E-state index in [2.05, 4.69) is 52.0 Å². The molecule has 2 aromatic rings. The number of carbonyl (C=O) groups excluding carboxylic acids is 1. The summed E-state index contributed by atoms with van der Waals surface area (Å²) < 4.78 is 5.48. The average molecular weight is 410 g/mol. The summed E-state index contributed by atoms with van der Waals surface area (Å²) in [6, 6.07) is 16.5. The van der Waals surface area contributed by atoms with Crippen LogP contribution >= 0.6 is 0 Å². The van der Waals surface area contributed by atoms with E-state index >= 15 is 0 Å². The maximum Gasteiger partial charge on any atom is 0.265 e. The van der Waals surface area contributed by atoms with Gasteiger partial charge < -0.3 is 9.64 Å². The average Bonchev–Trinajstić information content (AvgIpc) is 2.76. The minimum absolute atomic E-state index is 0.0798. The maximum atomic E-state index is 12.1. The van der Waals surface area contributed by atoms with Gasteiger partial charge in [0.2, 0.25) is 0 Å². The molecule has 0 spiro atoms. The lowest BCUT2D eigenvalue weighted by Crippen LogP contribution is -2.39. The van der Waals surface area contributed by atoms with Gasteiger partial charge in [-0.15, -0.1) is 0 Å². The van der Waals surface area contributed by atoms with Crippen molar-refractivity contribution in [1.29, 1.82) is 0 Å². The third-order valence-corrected chi connectivity index (χ3v) is 5.73. The van der Waals surface area contributed by atoms with E-state index in [0.717, 1.165) is 36.7 Å². The number of ether oxygens (including phenoxy) is 1. The quantitative estimate of drug-likeness (QED) is 0.448. The first kappa shape index (κ1) is 24.0. The molecule has 0 fully saturated rings. The van der Waals surface area contributed by atoms with Crippen LogP contribution < -0.4 is 9.64 Å². The molecule has 0 aliphatic carbocycles. The molecular formula is C27H39NO2. The Bertz CT molecular complexity index is 748. The maximum absolute atomic E-state index is 12.1. The van der Waals surface area contributed by atoms with Crippen LogP contribution in [0.2, 0.25) is 0 Å². The summed E-state index contributed by atoms with van der Waals surface area (Å²) in [5.74, 6) is 1.72. The minimum Gasteiger partial charge on any atom is -0.482 e. The number of amides is 1. The van der Waals surface area contributed by atoms with E-state index < -0.39 is 0 Å². The highest BCUT2D eigenvalue weighted by Crippen LogP contribution is 2.32. The molecule has 0 unspecified atom stereocenters. The van der Waals surface area contributed by atoms with E-state index in [1.54, 1.807) is 0 Å². The summed E-state index contributed by atoms with van der Waals surface area (Å²) >= 11 is 0. The molecule has 0 N–H and O–H groups in total. The van der Waals surface area contributed by atoms with Crippen LogP contribution in [0.25, 0.3) is 0 Å². The van der Waals surface area contributed by atoms with Gasteiger partial charge in [-0.05, 0) is 49.8 Å². The molecule has 0 radical (unpaired) electrons. The molecule has 3 rings (SSSR count). The number of hydrogen-bond acceptors (Lipinski definition) is 2. The van der Waals surface area contributed by atoms with Crippen LogP contribution in [0.5, 0.6) is 5.75 Å². The van der Waals surface area contributed by atoms with Crippen LogP contribution in [-0.2, 0) is 11.2 Å². The molecule has 2 aromatic carbocycles. The Morgan fingerprint density at radius 2 is 1.60 bits per heavy atom. The minimum atomic E-state index is 0.0798. The zero-order chi connectivity index (χ0) is 21.8. The Hall–Kier alpha value is -2.29. The van der Waals surface area contributed by atoms with Gasteiger partial charge in [0.1, 0.15) is 5.75 Å². The zero-order valence-electron chi connectivity index (χ0n) is 19.3. The molecule has 0 saturated carbocycles. The van der Waals surface area contributed by atoms with Gasteiger partial charge in [0.15, 0.2) is 6.61 Å². The summed E-state index contributed by atoms with van der Waals surface area (Å²) in [7, 11) is 0. The van der Waals surface area contributed by atoms with E-state index in [4.69, 9.17) is 4.74 Å². The van der Waals surface area contributed by atoms with E-state index in [0.29, 0.717) is 0 Å². The normalized spacial score (nSPS) is 12.8. The first-order valence-electron chi connectivity index (χ1n) is 11.7. The molecule has 0 atom stereocenters. The van der Waals surface area contributed by atoms with Crippen molar-refractivity contribution in [1.82, 2.24) is 0 Å². The molecule has 0 saturated heterocycles. The van der Waals surface area contributed by atoms with Crippen molar-refractivity contribution < 1.29 is 9.53 Å². The molecule has 1 aliphatic rings. The second kappa shape index (κ2) is 13.1. The van der Waals surface area contributed by atoms with Gasteiger partial charge in [-0.1, -0.05) is 88.4 Å². The van der Waals surface area contributed by atoms with Crippen LogP contribution in [0.1, 0.15) is 70.4 Å². The van der Waals surface area contributed by atoms with Gasteiger partial charge in [0, 0.05) is 6.54 Å². The van der Waals surface area contributed by atoms with E-state index in [-0.39, 0.29) is 12.5 Å². The molecule has 164 valence electrons. The Balaban J connectivity index is 0.000000297. The molecule has 0 aromatic heterocycles. The summed E-state index contributed by atoms with van der Waals surface area (Å²) in [5.41, 5.74) is 3.68. The molecule has 1 aliphatic heterocycles. The van der Waals surface area contributed by atoms with Crippen LogP contribution in [0.3, 0.4) is 0 Å². The predicted molar refractivity (Wildman–Crippen MR) is 127 cm³/mol. The molecule has 1 amide bonds. The summed E-state index contributed by atoms with van der Waals surface area (Å²) in [6.45, 7) is 9.77. The number of hydrogen-bond donors (Lipinski definition) is 0. The van der Waals surface area contributed by atoms with Gasteiger partial charge in [-0.2, -0.15) is 0 Å². The van der Waals surface area contributed by atoms with E-state index in [9.17, 15) is 4.79 Å². The van der Waals surface area contributed by atoms with Crippen molar-refractivity contribution in [2.24, 2.45) is 5.92 Å². The standard InChI is InChI=1S/C18H27NO2.C9H12/c1-3-8-15(9-4-2)10-7-13-19-16-11-5-6-12-17(16)21-14-18(19)20;1-3-9-6-4-8(2)5-7-9/h5-6,11-12,15H,3-4,7-10,13-14H2,1-2H3;4-7H,3H2,1-2H3. The van der Waals surface area contributed by atoms with Gasteiger partial charge in [0.25, 0.3) is 5.91 Å². The highest BCUT2D eigenvalue weighted by molar-refractivity contribution is 5.97. The lowest BCUT2D eigenvalue weighted by Gasteiger charge is -2.29. The predicted octanol–water partition coefficient (Wildman–Crippen LogP) is 6.97. The second-order valence-electron chi connectivity index (χ2n) is 8.23. The lowest BCUT2D eigenvalue weighted by molar-refractivity contribution is -0.121. The van der Waals surface area contributed by atoms with Crippen LogP contribution in [0, 0.1) is 12.8 Å². The first-order chi connectivity index (χ1) is 14.6. The number of nitrogens with zero attached hydrogens (tertiary/aromatic N) is 1. The number of rotatable bonds is 9. The Kier molecular flexibility index (Phi) is 10.5. The van der Waals surface area contributed by atoms with Crippen molar-refractivity contribution in [2.45, 2.75) is 72.6 Å². The van der Waals surface area contributed by atoms with Crippen molar-refractivity contribution in [3.05, 3.63) is 59.7 Å². The fraction of sp³-hybridized carbons (Fsp3) is 0.519. The molecule has 30 heavy (non-hydrogen) atoms. The summed E-state index contributed by atoms with van der Waals surface area (Å²) in [6.07, 6.45) is 8.55. The molecule has 1 heterocycles. The molecule has 0 bridgehead atoms. The van der Waals surface area contributed by atoms with Crippen molar-refractivity contribution in [2.75, 3.05) is 18.1 Å². The van der Waals surface area contributed by atoms with Crippen LogP contribution in [0.4, 0.5) is 5.69 Å². The highest BCUT2D eigenvalue weighted by atomic mass is 16.5. The van der Waals surface area contributed by atoms with Crippen molar-refractivity contribution >= 4 is 11.6 Å². The lowest BCUT2D eigenvalue weighted by atomic mass is 9.93. The smallest absolute Gasteiger partial charge is 0.265 e. The number of carbonyl (C=O) groups is 1. The van der Waals surface area contributed by atoms with Gasteiger partial charge in [0.05, 0.1) is 5.69 Å². The largest absolute Gasteiger partial charge is 0.482 e. The number of aryl methyl sites for hydroxylation is 2. The second-order valence-corrected chi connectivity index (χ2v) is 8.23. The zero-order valence-corrected chi connectivity index (χ0v) is 19.3. The van der Waals surface area contributed by atoms with Crippen molar-refractivity contribution in [3.8, 4) is 5.75 Å². The Morgan fingerprint density at radius 1 is 0.933 bits per heavy atom. The third kappa shape index (κ3) is 7.51. The fourth-order valence-corrected chi connectivity index (χ4v) is 4.01. The Labute approximate surface area is 183 Å². The van der Waals surface area contributed by atoms with Crippen LogP contribution in [0.15, 0.2) is 48.5 Å². The fourth-order valence-electron chi connectivity index (χ4n) is 4.01. The number of para-hydroxylation sites is 2. The summed E-state index contributed by atoms with van der Waals surface area (Å²) in [5, 5.41) is 0. The van der Waals surface area contributed by atoms with Gasteiger partial charge in [-0.3, -0.25) is 4.79 Å². The topological polar surface area (TPSA) is 29.5 Å².